The monoisotopic (exact) mass is 312 g/mol. The summed E-state index contributed by atoms with van der Waals surface area (Å²) in [6, 6.07) is 15.7. The Morgan fingerprint density at radius 3 is 2.61 bits per heavy atom. The molecule has 2 aromatic carbocycles. The minimum Gasteiger partial charge on any atom is -0.491 e. The van der Waals surface area contributed by atoms with Gasteiger partial charge in [-0.05, 0) is 31.2 Å². The van der Waals surface area contributed by atoms with Gasteiger partial charge >= 0.3 is 5.95 Å². The second kappa shape index (κ2) is 6.30. The van der Waals surface area contributed by atoms with Gasteiger partial charge in [0.25, 0.3) is 0 Å². The molecule has 120 valence electrons. The lowest BCUT2D eigenvalue weighted by Crippen LogP contribution is -2.32. The zero-order valence-electron chi connectivity index (χ0n) is 13.4. The highest BCUT2D eigenvalue weighted by molar-refractivity contribution is 5.73. The number of nitrogens with two attached hydrogens (primary N) is 1. The van der Waals surface area contributed by atoms with Gasteiger partial charge < -0.3 is 9.84 Å². The van der Waals surface area contributed by atoms with Crippen molar-refractivity contribution in [3.05, 3.63) is 54.1 Å². The standard InChI is InChI=1S/C18H21N3O2/c1-13-7-9-15(10-8-13)23-12-14(22)11-21-17-6-4-3-5-16(17)20(2)18(21)19/h3-10,14,19,22H,11-12H2,1-2H3/p+1. The number of nitrogens with zero attached hydrogens (tertiary/aromatic N) is 2. The summed E-state index contributed by atoms with van der Waals surface area (Å²) in [4.78, 5) is 0. The number of hydrogen-bond acceptors (Lipinski definition) is 3. The van der Waals surface area contributed by atoms with Gasteiger partial charge in [-0.25, -0.2) is 9.13 Å². The topological polar surface area (TPSA) is 64.3 Å². The van der Waals surface area contributed by atoms with E-state index in [-0.39, 0.29) is 6.61 Å². The lowest BCUT2D eigenvalue weighted by molar-refractivity contribution is -0.630. The molecule has 0 fully saturated rings. The van der Waals surface area contributed by atoms with E-state index in [2.05, 4.69) is 0 Å². The second-order valence-corrected chi connectivity index (χ2v) is 5.79. The molecule has 3 aromatic rings. The molecule has 1 heterocycles. The number of para-hydroxylation sites is 2. The number of aliphatic hydroxyl groups excluding tert-OH is 1. The van der Waals surface area contributed by atoms with Crippen LogP contribution in [0.5, 0.6) is 5.75 Å². The molecule has 1 atom stereocenters. The highest BCUT2D eigenvalue weighted by Crippen LogP contribution is 2.16. The van der Waals surface area contributed by atoms with E-state index >= 15 is 0 Å². The largest absolute Gasteiger partial charge is 0.491 e. The van der Waals surface area contributed by atoms with Crippen LogP contribution in [0.15, 0.2) is 48.5 Å². The molecule has 0 aliphatic heterocycles. The minimum atomic E-state index is -0.644. The van der Waals surface area contributed by atoms with Crippen LogP contribution in [0.2, 0.25) is 0 Å². The molecule has 0 amide bonds. The highest BCUT2D eigenvalue weighted by atomic mass is 16.5. The van der Waals surface area contributed by atoms with Gasteiger partial charge in [0.2, 0.25) is 0 Å². The lowest BCUT2D eigenvalue weighted by atomic mass is 10.2. The molecule has 0 aliphatic rings. The first-order chi connectivity index (χ1) is 11.1. The van der Waals surface area contributed by atoms with Crippen molar-refractivity contribution in [3.63, 3.8) is 0 Å². The summed E-state index contributed by atoms with van der Waals surface area (Å²) in [5.74, 6) is 1.37. The number of aromatic nitrogens is 2. The van der Waals surface area contributed by atoms with Crippen LogP contribution in [0.3, 0.4) is 0 Å². The first-order valence-electron chi connectivity index (χ1n) is 7.66. The second-order valence-electron chi connectivity index (χ2n) is 5.79. The fourth-order valence-electron chi connectivity index (χ4n) is 2.69. The fraction of sp³-hybridized carbons (Fsp3) is 0.278. The average molecular weight is 312 g/mol. The summed E-state index contributed by atoms with van der Waals surface area (Å²) in [5.41, 5.74) is 9.38. The van der Waals surface area contributed by atoms with Gasteiger partial charge in [-0.1, -0.05) is 29.8 Å². The SMILES string of the molecule is Cc1ccc(OCC(O)Cn2c(N)[n+](C)c3ccccc32)cc1. The molecule has 0 saturated carbocycles. The van der Waals surface area contributed by atoms with Crippen molar-refractivity contribution in [2.75, 3.05) is 12.3 Å². The van der Waals surface area contributed by atoms with Crippen LogP contribution in [0.1, 0.15) is 5.56 Å². The summed E-state index contributed by atoms with van der Waals surface area (Å²) in [6.45, 7) is 2.64. The predicted molar refractivity (Wildman–Crippen MR) is 90.2 cm³/mol. The van der Waals surface area contributed by atoms with Gasteiger partial charge in [0.05, 0.1) is 7.05 Å². The number of hydrogen-bond donors (Lipinski definition) is 2. The maximum Gasteiger partial charge on any atom is 0.355 e. The molecular formula is C18H22N3O2+. The van der Waals surface area contributed by atoms with Crippen molar-refractivity contribution >= 4 is 17.0 Å². The van der Waals surface area contributed by atoms with Crippen molar-refractivity contribution in [2.24, 2.45) is 7.05 Å². The number of benzene rings is 2. The molecule has 0 saturated heterocycles. The Bertz CT molecular complexity index is 809. The van der Waals surface area contributed by atoms with Crippen molar-refractivity contribution in [3.8, 4) is 5.75 Å². The van der Waals surface area contributed by atoms with Crippen LogP contribution < -0.4 is 15.0 Å². The van der Waals surface area contributed by atoms with E-state index in [0.29, 0.717) is 12.5 Å². The zero-order valence-corrected chi connectivity index (χ0v) is 13.4. The third kappa shape index (κ3) is 3.14. The van der Waals surface area contributed by atoms with Crippen molar-refractivity contribution < 1.29 is 14.4 Å². The molecule has 3 N–H and O–H groups in total. The van der Waals surface area contributed by atoms with Crippen LogP contribution in [-0.4, -0.2) is 22.4 Å². The molecule has 0 radical (unpaired) electrons. The third-order valence-corrected chi connectivity index (χ3v) is 4.01. The summed E-state index contributed by atoms with van der Waals surface area (Å²) < 4.78 is 9.48. The molecule has 5 nitrogen and oxygen atoms in total. The maximum absolute atomic E-state index is 10.3. The lowest BCUT2D eigenvalue weighted by Gasteiger charge is -2.12. The zero-order chi connectivity index (χ0) is 16.4. The number of ether oxygens (including phenoxy) is 1. The van der Waals surface area contributed by atoms with Crippen LogP contribution in [0.25, 0.3) is 11.0 Å². The Hall–Kier alpha value is -2.53. The molecule has 0 aliphatic carbocycles. The molecule has 5 heteroatoms. The smallest absolute Gasteiger partial charge is 0.355 e. The quantitative estimate of drug-likeness (QED) is 0.706. The summed E-state index contributed by atoms with van der Waals surface area (Å²) in [6.07, 6.45) is -0.644. The van der Waals surface area contributed by atoms with E-state index in [9.17, 15) is 5.11 Å². The highest BCUT2D eigenvalue weighted by Gasteiger charge is 2.20. The van der Waals surface area contributed by atoms with Gasteiger partial charge in [-0.3, -0.25) is 5.73 Å². The molecule has 1 unspecified atom stereocenters. The molecule has 23 heavy (non-hydrogen) atoms. The summed E-state index contributed by atoms with van der Waals surface area (Å²) in [5, 5.41) is 10.3. The first-order valence-corrected chi connectivity index (χ1v) is 7.66. The van der Waals surface area contributed by atoms with Crippen LogP contribution >= 0.6 is 0 Å². The molecule has 0 bridgehead atoms. The van der Waals surface area contributed by atoms with Crippen molar-refractivity contribution in [1.82, 2.24) is 4.57 Å². The van der Waals surface area contributed by atoms with E-state index in [0.717, 1.165) is 16.8 Å². The molecule has 1 aromatic heterocycles. The van der Waals surface area contributed by atoms with E-state index in [1.807, 2.05) is 71.6 Å². The van der Waals surface area contributed by atoms with Gasteiger partial charge in [0, 0.05) is 0 Å². The van der Waals surface area contributed by atoms with Gasteiger partial charge in [0.15, 0.2) is 0 Å². The number of rotatable bonds is 5. The van der Waals surface area contributed by atoms with Crippen molar-refractivity contribution in [1.29, 1.82) is 0 Å². The Morgan fingerprint density at radius 1 is 1.17 bits per heavy atom. The van der Waals surface area contributed by atoms with Crippen molar-refractivity contribution in [2.45, 2.75) is 19.6 Å². The predicted octanol–water partition coefficient (Wildman–Crippen LogP) is 1.80. The maximum atomic E-state index is 10.3. The van der Waals surface area contributed by atoms with E-state index < -0.39 is 6.10 Å². The molecular weight excluding hydrogens is 290 g/mol. The minimum absolute atomic E-state index is 0.221. The van der Waals surface area contributed by atoms with E-state index in [4.69, 9.17) is 10.5 Å². The van der Waals surface area contributed by atoms with Crippen LogP contribution in [0, 0.1) is 6.92 Å². The fourth-order valence-corrected chi connectivity index (χ4v) is 2.69. The number of aryl methyl sites for hydroxylation is 2. The molecule has 3 rings (SSSR count). The first kappa shape index (κ1) is 15.4. The molecule has 0 spiro atoms. The normalized spacial score (nSPS) is 12.5. The van der Waals surface area contributed by atoms with Gasteiger partial charge in [-0.2, -0.15) is 0 Å². The average Bonchev–Trinajstić information content (AvgIpc) is 2.80. The van der Waals surface area contributed by atoms with Crippen LogP contribution in [0.4, 0.5) is 5.95 Å². The summed E-state index contributed by atoms with van der Waals surface area (Å²) in [7, 11) is 1.92. The van der Waals surface area contributed by atoms with E-state index in [1.54, 1.807) is 0 Å². The van der Waals surface area contributed by atoms with Gasteiger partial charge in [0.1, 0.15) is 36.0 Å². The number of imidazole rings is 1. The number of anilines is 1. The third-order valence-electron chi connectivity index (χ3n) is 4.01. The number of fused-ring (bicyclic) bond motifs is 1. The van der Waals surface area contributed by atoms with Crippen LogP contribution in [-0.2, 0) is 13.6 Å². The number of nitrogen functional groups attached to an aromatic ring is 1. The van der Waals surface area contributed by atoms with E-state index in [1.165, 1.54) is 5.56 Å². The Kier molecular flexibility index (Phi) is 4.21. The Labute approximate surface area is 135 Å². The van der Waals surface area contributed by atoms with Gasteiger partial charge in [-0.15, -0.1) is 0 Å². The Morgan fingerprint density at radius 2 is 1.87 bits per heavy atom. The summed E-state index contributed by atoms with van der Waals surface area (Å²) >= 11 is 0. The Balaban J connectivity index is 1.72. The number of aliphatic hydroxyl groups is 1.